The lowest BCUT2D eigenvalue weighted by atomic mass is 10.0. The number of amides is 2. The van der Waals surface area contributed by atoms with Crippen molar-refractivity contribution in [1.29, 1.82) is 0 Å². The molecule has 1 aromatic carbocycles. The molecule has 0 aliphatic carbocycles. The van der Waals surface area contributed by atoms with Crippen LogP contribution in [-0.2, 0) is 22.9 Å². The number of carbonyl (C=O) groups is 1. The van der Waals surface area contributed by atoms with Crippen LogP contribution in [0, 0.1) is 0 Å². The lowest BCUT2D eigenvalue weighted by molar-refractivity contribution is 0.0367. The van der Waals surface area contributed by atoms with Gasteiger partial charge < -0.3 is 20.2 Å². The van der Waals surface area contributed by atoms with Crippen LogP contribution in [0.4, 0.5) is 4.79 Å². The molecule has 1 heterocycles. The van der Waals surface area contributed by atoms with Crippen LogP contribution < -0.4 is 10.6 Å². The number of hydrogen-bond donors (Lipinski definition) is 3. The van der Waals surface area contributed by atoms with Crippen LogP contribution in [0.15, 0.2) is 52.0 Å². The number of rotatable bonds is 6. The third-order valence-electron chi connectivity index (χ3n) is 3.35. The summed E-state index contributed by atoms with van der Waals surface area (Å²) in [7, 11) is -1.01. The molecule has 0 radical (unpaired) electrons. The minimum atomic E-state index is -1.27. The molecule has 124 valence electrons. The highest BCUT2D eigenvalue weighted by atomic mass is 32.2. The largest absolute Gasteiger partial charge is 0.466 e. The molecule has 0 saturated heterocycles. The number of nitrogens with one attached hydrogen (secondary N) is 2. The maximum Gasteiger partial charge on any atom is 0.315 e. The summed E-state index contributed by atoms with van der Waals surface area (Å²) in [6.45, 7) is 1.93. The van der Waals surface area contributed by atoms with Gasteiger partial charge in [-0.2, -0.15) is 0 Å². The third-order valence-corrected chi connectivity index (χ3v) is 4.29. The lowest BCUT2D eigenvalue weighted by Gasteiger charge is -2.21. The number of hydrogen-bond acceptors (Lipinski definition) is 4. The van der Waals surface area contributed by atoms with E-state index >= 15 is 0 Å². The van der Waals surface area contributed by atoms with E-state index in [1.165, 1.54) is 6.26 Å². The predicted molar refractivity (Wildman–Crippen MR) is 87.3 cm³/mol. The molecule has 0 bridgehead atoms. The number of urea groups is 1. The van der Waals surface area contributed by atoms with Crippen molar-refractivity contribution >= 4 is 16.8 Å². The first-order chi connectivity index (χ1) is 10.9. The van der Waals surface area contributed by atoms with Gasteiger partial charge in [-0.25, -0.2) is 4.79 Å². The van der Waals surface area contributed by atoms with Gasteiger partial charge in [0.2, 0.25) is 0 Å². The molecule has 0 fully saturated rings. The summed E-state index contributed by atoms with van der Waals surface area (Å²) in [4.78, 5) is 12.5. The van der Waals surface area contributed by atoms with E-state index in [4.69, 9.17) is 4.42 Å². The Morgan fingerprint density at radius 1 is 1.26 bits per heavy atom. The Hall–Kier alpha value is -2.12. The Kier molecular flexibility index (Phi) is 5.57. The van der Waals surface area contributed by atoms with E-state index < -0.39 is 16.4 Å². The van der Waals surface area contributed by atoms with Gasteiger partial charge in [-0.3, -0.25) is 4.21 Å². The second-order valence-corrected chi connectivity index (χ2v) is 6.77. The second kappa shape index (κ2) is 7.43. The zero-order chi connectivity index (χ0) is 16.9. The first-order valence-corrected chi connectivity index (χ1v) is 8.65. The number of furan rings is 1. The fourth-order valence-electron chi connectivity index (χ4n) is 1.97. The van der Waals surface area contributed by atoms with Crippen molar-refractivity contribution in [2.75, 3.05) is 12.8 Å². The molecule has 2 unspecified atom stereocenters. The van der Waals surface area contributed by atoms with Gasteiger partial charge in [0.05, 0.1) is 12.8 Å². The minimum absolute atomic E-state index is 0.0279. The summed E-state index contributed by atoms with van der Waals surface area (Å²) in [6, 6.07) is 10.1. The molecule has 0 aliphatic rings. The maximum atomic E-state index is 11.8. The zero-order valence-electron chi connectivity index (χ0n) is 13.0. The molecule has 0 saturated carbocycles. The van der Waals surface area contributed by atoms with Gasteiger partial charge >= 0.3 is 6.03 Å². The average molecular weight is 336 g/mol. The zero-order valence-corrected chi connectivity index (χ0v) is 13.9. The Balaban J connectivity index is 1.80. The summed E-state index contributed by atoms with van der Waals surface area (Å²) in [5.41, 5.74) is -0.375. The normalized spacial score (nSPS) is 14.7. The van der Waals surface area contributed by atoms with Crippen LogP contribution in [0.3, 0.4) is 0 Å². The molecule has 1 aromatic heterocycles. The summed E-state index contributed by atoms with van der Waals surface area (Å²) < 4.78 is 16.4. The Morgan fingerprint density at radius 2 is 1.96 bits per heavy atom. The Morgan fingerprint density at radius 3 is 2.52 bits per heavy atom. The van der Waals surface area contributed by atoms with Crippen molar-refractivity contribution in [3.05, 3.63) is 54.0 Å². The number of carbonyl (C=O) groups excluding carboxylic acids is 1. The van der Waals surface area contributed by atoms with E-state index in [1.54, 1.807) is 37.4 Å². The predicted octanol–water partition coefficient (Wildman–Crippen LogP) is 1.72. The molecule has 2 rings (SSSR count). The van der Waals surface area contributed by atoms with Crippen LogP contribution in [0.5, 0.6) is 0 Å². The SMILES string of the molecule is CS(=O)c1ccc(CNC(=O)NCC(C)(O)c2ccco2)cc1. The van der Waals surface area contributed by atoms with E-state index in [-0.39, 0.29) is 12.6 Å². The van der Waals surface area contributed by atoms with E-state index in [2.05, 4.69) is 10.6 Å². The van der Waals surface area contributed by atoms with Crippen molar-refractivity contribution in [3.8, 4) is 0 Å². The van der Waals surface area contributed by atoms with E-state index in [0.29, 0.717) is 12.3 Å². The minimum Gasteiger partial charge on any atom is -0.466 e. The molecule has 2 aromatic rings. The maximum absolute atomic E-state index is 11.8. The average Bonchev–Trinajstić information content (AvgIpc) is 3.06. The molecule has 7 heteroatoms. The first kappa shape index (κ1) is 17.2. The molecule has 6 nitrogen and oxygen atoms in total. The van der Waals surface area contributed by atoms with Crippen LogP contribution in [0.1, 0.15) is 18.2 Å². The molecule has 3 N–H and O–H groups in total. The summed E-state index contributed by atoms with van der Waals surface area (Å²) in [5.74, 6) is 0.390. The number of aliphatic hydroxyl groups is 1. The van der Waals surface area contributed by atoms with E-state index in [9.17, 15) is 14.1 Å². The van der Waals surface area contributed by atoms with Gasteiger partial charge in [0.1, 0.15) is 11.4 Å². The molecule has 0 spiro atoms. The van der Waals surface area contributed by atoms with Crippen molar-refractivity contribution < 1.29 is 18.5 Å². The molecule has 23 heavy (non-hydrogen) atoms. The standard InChI is InChI=1S/C16H20N2O4S/c1-16(20,14-4-3-9-22-14)11-18-15(19)17-10-12-5-7-13(8-6-12)23(2)21/h3-9,20H,10-11H2,1-2H3,(H2,17,18,19). The first-order valence-electron chi connectivity index (χ1n) is 7.09. The van der Waals surface area contributed by atoms with Crippen LogP contribution in [0.25, 0.3) is 0 Å². The molecule has 0 aliphatic heterocycles. The van der Waals surface area contributed by atoms with Gasteiger partial charge in [0.25, 0.3) is 0 Å². The smallest absolute Gasteiger partial charge is 0.315 e. The third kappa shape index (κ3) is 4.94. The van der Waals surface area contributed by atoms with Crippen molar-refractivity contribution in [1.82, 2.24) is 10.6 Å². The topological polar surface area (TPSA) is 91.6 Å². The fraction of sp³-hybridized carbons (Fsp3) is 0.312. The van der Waals surface area contributed by atoms with Gasteiger partial charge in [-0.05, 0) is 36.8 Å². The highest BCUT2D eigenvalue weighted by Gasteiger charge is 2.26. The van der Waals surface area contributed by atoms with E-state index in [0.717, 1.165) is 10.5 Å². The second-order valence-electron chi connectivity index (χ2n) is 5.39. The fourth-order valence-corrected chi connectivity index (χ4v) is 2.49. The van der Waals surface area contributed by atoms with E-state index in [1.807, 2.05) is 12.1 Å². The molecule has 2 amide bonds. The highest BCUT2D eigenvalue weighted by molar-refractivity contribution is 7.84. The van der Waals surface area contributed by atoms with Crippen LogP contribution >= 0.6 is 0 Å². The quantitative estimate of drug-likeness (QED) is 0.749. The summed E-state index contributed by atoms with van der Waals surface area (Å²) in [6.07, 6.45) is 3.09. The Bertz CT molecular complexity index is 666. The lowest BCUT2D eigenvalue weighted by Crippen LogP contribution is -2.43. The van der Waals surface area contributed by atoms with Gasteiger partial charge in [-0.1, -0.05) is 12.1 Å². The van der Waals surface area contributed by atoms with Gasteiger partial charge in [-0.15, -0.1) is 0 Å². The summed E-state index contributed by atoms with van der Waals surface area (Å²) in [5, 5.41) is 15.5. The van der Waals surface area contributed by atoms with Crippen LogP contribution in [-0.4, -0.2) is 28.1 Å². The number of benzene rings is 1. The van der Waals surface area contributed by atoms with Crippen molar-refractivity contribution in [3.63, 3.8) is 0 Å². The Labute approximate surface area is 137 Å². The summed E-state index contributed by atoms with van der Waals surface area (Å²) >= 11 is 0. The van der Waals surface area contributed by atoms with Gasteiger partial charge in [0, 0.05) is 28.5 Å². The molecular weight excluding hydrogens is 316 g/mol. The monoisotopic (exact) mass is 336 g/mol. The van der Waals surface area contributed by atoms with Crippen LogP contribution in [0.2, 0.25) is 0 Å². The van der Waals surface area contributed by atoms with Crippen molar-refractivity contribution in [2.45, 2.75) is 24.0 Å². The molecule has 2 atom stereocenters. The molecular formula is C16H20N2O4S. The van der Waals surface area contributed by atoms with Gasteiger partial charge in [0.15, 0.2) is 0 Å². The highest BCUT2D eigenvalue weighted by Crippen LogP contribution is 2.19. The van der Waals surface area contributed by atoms with Crippen molar-refractivity contribution in [2.24, 2.45) is 0 Å².